The van der Waals surface area contributed by atoms with Crippen LogP contribution in [-0.4, -0.2) is 7.11 Å². The van der Waals surface area contributed by atoms with E-state index in [0.717, 1.165) is 17.1 Å². The SMILES string of the molecule is COc1ccccc1COc1cccc(C2CC2c2cccs2)c1. The van der Waals surface area contributed by atoms with Crippen LogP contribution in [0.2, 0.25) is 0 Å². The molecular weight excluding hydrogens is 316 g/mol. The third-order valence-corrected chi connectivity index (χ3v) is 5.58. The molecule has 1 aliphatic rings. The fraction of sp³-hybridized carbons (Fsp3) is 0.238. The van der Waals surface area contributed by atoms with Gasteiger partial charge in [-0.1, -0.05) is 36.4 Å². The van der Waals surface area contributed by atoms with Gasteiger partial charge in [-0.15, -0.1) is 11.3 Å². The summed E-state index contributed by atoms with van der Waals surface area (Å²) in [7, 11) is 1.69. The lowest BCUT2D eigenvalue weighted by Crippen LogP contribution is -1.98. The maximum Gasteiger partial charge on any atom is 0.125 e. The van der Waals surface area contributed by atoms with E-state index in [0.29, 0.717) is 18.4 Å². The molecule has 3 heteroatoms. The fourth-order valence-corrected chi connectivity index (χ4v) is 4.11. The van der Waals surface area contributed by atoms with Gasteiger partial charge in [-0.3, -0.25) is 0 Å². The minimum atomic E-state index is 0.520. The van der Waals surface area contributed by atoms with Crippen molar-refractivity contribution in [2.24, 2.45) is 0 Å². The zero-order valence-corrected chi connectivity index (χ0v) is 14.5. The highest BCUT2D eigenvalue weighted by molar-refractivity contribution is 7.10. The van der Waals surface area contributed by atoms with Crippen LogP contribution in [-0.2, 0) is 6.61 Å². The van der Waals surface area contributed by atoms with E-state index >= 15 is 0 Å². The number of ether oxygens (including phenoxy) is 2. The van der Waals surface area contributed by atoms with E-state index in [9.17, 15) is 0 Å². The van der Waals surface area contributed by atoms with Crippen LogP contribution in [0.3, 0.4) is 0 Å². The molecule has 0 bridgehead atoms. The van der Waals surface area contributed by atoms with Crippen molar-refractivity contribution in [1.82, 2.24) is 0 Å². The molecule has 1 saturated carbocycles. The first-order valence-electron chi connectivity index (χ1n) is 8.23. The lowest BCUT2D eigenvalue weighted by Gasteiger charge is -2.11. The molecule has 0 amide bonds. The van der Waals surface area contributed by atoms with Crippen molar-refractivity contribution >= 4 is 11.3 Å². The van der Waals surface area contributed by atoms with Gasteiger partial charge in [-0.05, 0) is 47.5 Å². The molecule has 0 N–H and O–H groups in total. The molecule has 0 saturated heterocycles. The zero-order chi connectivity index (χ0) is 16.4. The van der Waals surface area contributed by atoms with E-state index in [4.69, 9.17) is 9.47 Å². The van der Waals surface area contributed by atoms with E-state index < -0.39 is 0 Å². The summed E-state index contributed by atoms with van der Waals surface area (Å²) in [5, 5.41) is 2.16. The van der Waals surface area contributed by atoms with E-state index in [1.165, 1.54) is 16.9 Å². The number of benzene rings is 2. The number of methoxy groups -OCH3 is 1. The monoisotopic (exact) mass is 336 g/mol. The van der Waals surface area contributed by atoms with Gasteiger partial charge in [0.15, 0.2) is 0 Å². The fourth-order valence-electron chi connectivity index (χ4n) is 3.20. The number of thiophene rings is 1. The summed E-state index contributed by atoms with van der Waals surface area (Å²) in [4.78, 5) is 1.50. The molecule has 24 heavy (non-hydrogen) atoms. The van der Waals surface area contributed by atoms with Crippen LogP contribution < -0.4 is 9.47 Å². The van der Waals surface area contributed by atoms with Crippen molar-refractivity contribution < 1.29 is 9.47 Å². The van der Waals surface area contributed by atoms with Crippen molar-refractivity contribution in [3.05, 3.63) is 82.0 Å². The molecule has 1 fully saturated rings. The third-order valence-electron chi connectivity index (χ3n) is 4.57. The van der Waals surface area contributed by atoms with Crippen molar-refractivity contribution in [3.8, 4) is 11.5 Å². The van der Waals surface area contributed by atoms with Crippen LogP contribution in [0, 0.1) is 0 Å². The predicted molar refractivity (Wildman–Crippen MR) is 98.2 cm³/mol. The minimum absolute atomic E-state index is 0.520. The molecule has 2 atom stereocenters. The molecule has 2 aromatic carbocycles. The Bertz CT molecular complexity index is 810. The van der Waals surface area contributed by atoms with E-state index in [-0.39, 0.29) is 0 Å². The lowest BCUT2D eigenvalue weighted by molar-refractivity contribution is 0.296. The average molecular weight is 336 g/mol. The smallest absolute Gasteiger partial charge is 0.125 e. The molecule has 0 spiro atoms. The first-order chi connectivity index (χ1) is 11.8. The Morgan fingerprint density at radius 3 is 2.75 bits per heavy atom. The van der Waals surface area contributed by atoms with Crippen LogP contribution in [0.25, 0.3) is 0 Å². The number of hydrogen-bond acceptors (Lipinski definition) is 3. The average Bonchev–Trinajstić information content (AvgIpc) is 3.25. The summed E-state index contributed by atoms with van der Waals surface area (Å²) >= 11 is 1.86. The number of hydrogen-bond donors (Lipinski definition) is 0. The Labute approximate surface area is 146 Å². The van der Waals surface area contributed by atoms with Crippen molar-refractivity contribution in [1.29, 1.82) is 0 Å². The largest absolute Gasteiger partial charge is 0.496 e. The maximum atomic E-state index is 6.00. The van der Waals surface area contributed by atoms with Gasteiger partial charge in [-0.25, -0.2) is 0 Å². The third kappa shape index (κ3) is 3.17. The van der Waals surface area contributed by atoms with Crippen LogP contribution in [0.4, 0.5) is 0 Å². The Morgan fingerprint density at radius 1 is 1.00 bits per heavy atom. The van der Waals surface area contributed by atoms with Crippen molar-refractivity contribution in [3.63, 3.8) is 0 Å². The van der Waals surface area contributed by atoms with Crippen LogP contribution in [0.5, 0.6) is 11.5 Å². The van der Waals surface area contributed by atoms with E-state index in [1.54, 1.807) is 7.11 Å². The molecule has 2 unspecified atom stereocenters. The normalized spacial score (nSPS) is 19.0. The Balaban J connectivity index is 1.44. The number of para-hydroxylation sites is 1. The topological polar surface area (TPSA) is 18.5 Å². The van der Waals surface area contributed by atoms with Gasteiger partial charge in [-0.2, -0.15) is 0 Å². The van der Waals surface area contributed by atoms with Gasteiger partial charge in [0.05, 0.1) is 7.11 Å². The van der Waals surface area contributed by atoms with Gasteiger partial charge in [0.1, 0.15) is 18.1 Å². The minimum Gasteiger partial charge on any atom is -0.496 e. The molecule has 1 aromatic heterocycles. The summed E-state index contributed by atoms with van der Waals surface area (Å²) < 4.78 is 11.4. The Kier molecular flexibility index (Phi) is 4.26. The quantitative estimate of drug-likeness (QED) is 0.583. The molecule has 3 aromatic rings. The van der Waals surface area contributed by atoms with E-state index in [2.05, 4.69) is 35.7 Å². The summed E-state index contributed by atoms with van der Waals surface area (Å²) in [6.45, 7) is 0.520. The molecule has 0 aliphatic heterocycles. The second kappa shape index (κ2) is 6.70. The van der Waals surface area contributed by atoms with E-state index in [1.807, 2.05) is 41.7 Å². The van der Waals surface area contributed by atoms with Crippen LogP contribution in [0.15, 0.2) is 66.0 Å². The second-order valence-electron chi connectivity index (χ2n) is 6.14. The zero-order valence-electron chi connectivity index (χ0n) is 13.6. The highest BCUT2D eigenvalue weighted by atomic mass is 32.1. The van der Waals surface area contributed by atoms with Gasteiger partial charge >= 0.3 is 0 Å². The molecule has 2 nitrogen and oxygen atoms in total. The van der Waals surface area contributed by atoms with Gasteiger partial charge in [0, 0.05) is 16.4 Å². The summed E-state index contributed by atoms with van der Waals surface area (Å²) in [5.74, 6) is 3.12. The van der Waals surface area contributed by atoms with Gasteiger partial charge in [0.2, 0.25) is 0 Å². The van der Waals surface area contributed by atoms with Gasteiger partial charge in [0.25, 0.3) is 0 Å². The Hall–Kier alpha value is -2.26. The molecular formula is C21H20O2S. The summed E-state index contributed by atoms with van der Waals surface area (Å²) in [5.41, 5.74) is 2.44. The maximum absolute atomic E-state index is 6.00. The Morgan fingerprint density at radius 2 is 1.92 bits per heavy atom. The molecule has 4 rings (SSSR count). The molecule has 1 aliphatic carbocycles. The van der Waals surface area contributed by atoms with Gasteiger partial charge < -0.3 is 9.47 Å². The standard InChI is InChI=1S/C21H20O2S/c1-22-20-9-3-2-6-16(20)14-23-17-8-4-7-15(12-17)18-13-19(18)21-10-5-11-24-21/h2-12,18-19H,13-14H2,1H3. The summed E-state index contributed by atoms with van der Waals surface area (Å²) in [6.07, 6.45) is 1.25. The van der Waals surface area contributed by atoms with Crippen molar-refractivity contribution in [2.45, 2.75) is 24.9 Å². The first-order valence-corrected chi connectivity index (χ1v) is 9.11. The predicted octanol–water partition coefficient (Wildman–Crippen LogP) is 5.61. The van der Waals surface area contributed by atoms with Crippen LogP contribution >= 0.6 is 11.3 Å². The second-order valence-corrected chi connectivity index (χ2v) is 7.12. The number of rotatable bonds is 6. The first kappa shape index (κ1) is 15.3. The molecule has 122 valence electrons. The van der Waals surface area contributed by atoms with Crippen LogP contribution in [0.1, 0.15) is 34.3 Å². The van der Waals surface area contributed by atoms with Crippen molar-refractivity contribution in [2.75, 3.05) is 7.11 Å². The lowest BCUT2D eigenvalue weighted by atomic mass is 10.1. The molecule has 1 heterocycles. The summed E-state index contributed by atoms with van der Waals surface area (Å²) in [6, 6.07) is 20.9. The highest BCUT2D eigenvalue weighted by Gasteiger charge is 2.40. The highest BCUT2D eigenvalue weighted by Crippen LogP contribution is 2.56. The molecule has 0 radical (unpaired) electrons.